The maximum absolute atomic E-state index is 13.3. The van der Waals surface area contributed by atoms with Crippen molar-refractivity contribution in [2.45, 2.75) is 49.0 Å². The van der Waals surface area contributed by atoms with Gasteiger partial charge in [-0.2, -0.15) is 0 Å². The average Bonchev–Trinajstić information content (AvgIpc) is 2.98. The van der Waals surface area contributed by atoms with Crippen LogP contribution >= 0.6 is 0 Å². The first kappa shape index (κ1) is 22.0. The lowest BCUT2D eigenvalue weighted by molar-refractivity contribution is -0.123. The van der Waals surface area contributed by atoms with E-state index in [1.165, 1.54) is 12.1 Å². The van der Waals surface area contributed by atoms with Gasteiger partial charge in [-0.3, -0.25) is 9.69 Å². The summed E-state index contributed by atoms with van der Waals surface area (Å²) >= 11 is 0. The van der Waals surface area contributed by atoms with Gasteiger partial charge < -0.3 is 10.5 Å². The molecule has 2 aliphatic heterocycles. The molecule has 8 nitrogen and oxygen atoms in total. The van der Waals surface area contributed by atoms with E-state index in [4.69, 9.17) is 10.5 Å². The predicted molar refractivity (Wildman–Crippen MR) is 109 cm³/mol. The van der Waals surface area contributed by atoms with E-state index in [1.54, 1.807) is 12.1 Å². The molecule has 29 heavy (non-hydrogen) atoms. The molecule has 2 fully saturated rings. The zero-order valence-corrected chi connectivity index (χ0v) is 18.3. The number of carbonyl (C=O) groups is 1. The molecule has 1 amide bonds. The summed E-state index contributed by atoms with van der Waals surface area (Å²) in [5, 5.41) is -1.03. The summed E-state index contributed by atoms with van der Waals surface area (Å²) < 4.78 is 56.8. The van der Waals surface area contributed by atoms with E-state index < -0.39 is 31.0 Å². The molecule has 0 bridgehead atoms. The Bertz CT molecular complexity index is 949. The molecule has 1 aromatic rings. The first-order chi connectivity index (χ1) is 13.5. The number of rotatable bonds is 6. The Kier molecular flexibility index (Phi) is 6.26. The summed E-state index contributed by atoms with van der Waals surface area (Å²) in [4.78, 5) is 13.4. The standard InChI is InChI=1S/C19H28N2O6S2/c1-13(2)27-15-3-5-16(6-4-15)29(25,26)18-12-28(23,24)11-17(18)21-9-7-14(8-10-21)19(20)22/h3-6,13-14,17-18H,7-12H2,1-2H3,(H2,20,22)/t17-,18-/m0/s1. The fourth-order valence-corrected chi connectivity index (χ4v) is 8.93. The largest absolute Gasteiger partial charge is 0.491 e. The number of sulfone groups is 2. The zero-order chi connectivity index (χ0) is 21.4. The molecule has 0 spiro atoms. The van der Waals surface area contributed by atoms with E-state index in [2.05, 4.69) is 0 Å². The van der Waals surface area contributed by atoms with E-state index in [0.29, 0.717) is 31.7 Å². The minimum Gasteiger partial charge on any atom is -0.491 e. The van der Waals surface area contributed by atoms with Gasteiger partial charge in [0.25, 0.3) is 0 Å². The lowest BCUT2D eigenvalue weighted by Gasteiger charge is -2.36. The molecule has 2 aliphatic rings. The topological polar surface area (TPSA) is 124 Å². The normalized spacial score (nSPS) is 25.9. The number of primary amides is 1. The zero-order valence-electron chi connectivity index (χ0n) is 16.7. The molecule has 162 valence electrons. The molecule has 2 saturated heterocycles. The Morgan fingerprint density at radius 2 is 1.72 bits per heavy atom. The summed E-state index contributed by atoms with van der Waals surface area (Å²) in [6, 6.07) is 5.49. The van der Waals surface area contributed by atoms with Crippen LogP contribution in [-0.4, -0.2) is 69.6 Å². The number of piperidine rings is 1. The number of ether oxygens (including phenoxy) is 1. The molecule has 10 heteroatoms. The number of nitrogens with zero attached hydrogens (tertiary/aromatic N) is 1. The van der Waals surface area contributed by atoms with Gasteiger partial charge in [0.2, 0.25) is 5.91 Å². The number of benzene rings is 1. The minimum absolute atomic E-state index is 0.0369. The quantitative estimate of drug-likeness (QED) is 0.682. The fourth-order valence-electron chi connectivity index (χ4n) is 4.10. The van der Waals surface area contributed by atoms with E-state index in [0.717, 1.165) is 0 Å². The van der Waals surface area contributed by atoms with Crippen molar-refractivity contribution in [1.29, 1.82) is 0 Å². The Morgan fingerprint density at radius 3 is 2.24 bits per heavy atom. The van der Waals surface area contributed by atoms with E-state index in [-0.39, 0.29) is 34.3 Å². The second kappa shape index (κ2) is 8.23. The molecule has 2 N–H and O–H groups in total. The highest BCUT2D eigenvalue weighted by Gasteiger charge is 2.48. The Labute approximate surface area is 172 Å². The third kappa shape index (κ3) is 4.92. The van der Waals surface area contributed by atoms with E-state index in [1.807, 2.05) is 18.7 Å². The number of hydrogen-bond donors (Lipinski definition) is 1. The van der Waals surface area contributed by atoms with Crippen molar-refractivity contribution in [3.05, 3.63) is 24.3 Å². The molecule has 0 unspecified atom stereocenters. The van der Waals surface area contributed by atoms with Gasteiger partial charge in [-0.05, 0) is 64.0 Å². The van der Waals surface area contributed by atoms with Gasteiger partial charge in [-0.25, -0.2) is 16.8 Å². The molecule has 0 aliphatic carbocycles. The SMILES string of the molecule is CC(C)Oc1ccc(S(=O)(=O)[C@H]2CS(=O)(=O)C[C@@H]2N2CCC(C(N)=O)CC2)cc1. The summed E-state index contributed by atoms with van der Waals surface area (Å²) in [7, 11) is -7.33. The van der Waals surface area contributed by atoms with Crippen LogP contribution in [0.5, 0.6) is 5.75 Å². The van der Waals surface area contributed by atoms with Crippen LogP contribution in [0.3, 0.4) is 0 Å². The van der Waals surface area contributed by atoms with Crippen molar-refractivity contribution >= 4 is 25.6 Å². The van der Waals surface area contributed by atoms with Crippen LogP contribution in [0.1, 0.15) is 26.7 Å². The van der Waals surface area contributed by atoms with Gasteiger partial charge in [-0.1, -0.05) is 0 Å². The predicted octanol–water partition coefficient (Wildman–Crippen LogP) is 0.610. The molecule has 0 radical (unpaired) electrons. The third-order valence-corrected chi connectivity index (χ3v) is 9.73. The summed E-state index contributed by atoms with van der Waals surface area (Å²) in [5.74, 6) is -0.625. The van der Waals surface area contributed by atoms with Crippen LogP contribution in [0.2, 0.25) is 0 Å². The maximum Gasteiger partial charge on any atom is 0.220 e. The lowest BCUT2D eigenvalue weighted by atomic mass is 9.95. The highest BCUT2D eigenvalue weighted by Crippen LogP contribution is 2.32. The van der Waals surface area contributed by atoms with Crippen LogP contribution in [0.25, 0.3) is 0 Å². The molecule has 2 heterocycles. The van der Waals surface area contributed by atoms with Crippen LogP contribution in [-0.2, 0) is 24.5 Å². The molecule has 0 aromatic heterocycles. The van der Waals surface area contributed by atoms with Crippen LogP contribution in [0.15, 0.2) is 29.2 Å². The van der Waals surface area contributed by atoms with Gasteiger partial charge >= 0.3 is 0 Å². The number of likely N-dealkylation sites (tertiary alicyclic amines) is 1. The second-order valence-corrected chi connectivity index (χ2v) is 12.4. The van der Waals surface area contributed by atoms with E-state index in [9.17, 15) is 21.6 Å². The Hall–Kier alpha value is -1.65. The maximum atomic E-state index is 13.3. The smallest absolute Gasteiger partial charge is 0.220 e. The third-order valence-electron chi connectivity index (χ3n) is 5.60. The first-order valence-electron chi connectivity index (χ1n) is 9.74. The van der Waals surface area contributed by atoms with E-state index >= 15 is 0 Å². The van der Waals surface area contributed by atoms with Crippen molar-refractivity contribution in [3.63, 3.8) is 0 Å². The summed E-state index contributed by atoms with van der Waals surface area (Å²) in [6.07, 6.45) is 0.991. The molecular formula is C19H28N2O6S2. The summed E-state index contributed by atoms with van der Waals surface area (Å²) in [6.45, 7) is 4.67. The van der Waals surface area contributed by atoms with Gasteiger partial charge in [0.05, 0.1) is 27.8 Å². The second-order valence-electron chi connectivity index (χ2n) is 8.08. The molecule has 3 rings (SSSR count). The van der Waals surface area contributed by atoms with Crippen LogP contribution in [0, 0.1) is 5.92 Å². The van der Waals surface area contributed by atoms with Gasteiger partial charge in [0, 0.05) is 12.0 Å². The Morgan fingerprint density at radius 1 is 1.14 bits per heavy atom. The van der Waals surface area contributed by atoms with Crippen molar-refractivity contribution in [2.75, 3.05) is 24.6 Å². The van der Waals surface area contributed by atoms with Gasteiger partial charge in [0.15, 0.2) is 19.7 Å². The van der Waals surface area contributed by atoms with Crippen molar-refractivity contribution in [1.82, 2.24) is 4.90 Å². The van der Waals surface area contributed by atoms with Gasteiger partial charge in [-0.15, -0.1) is 0 Å². The number of hydrogen-bond acceptors (Lipinski definition) is 7. The Balaban J connectivity index is 1.83. The lowest BCUT2D eigenvalue weighted by Crippen LogP contribution is -2.50. The van der Waals surface area contributed by atoms with Crippen LogP contribution < -0.4 is 10.5 Å². The monoisotopic (exact) mass is 444 g/mol. The molecular weight excluding hydrogens is 416 g/mol. The molecule has 1 aromatic carbocycles. The first-order valence-corrected chi connectivity index (χ1v) is 13.1. The summed E-state index contributed by atoms with van der Waals surface area (Å²) in [5.41, 5.74) is 5.36. The van der Waals surface area contributed by atoms with Crippen molar-refractivity contribution in [2.24, 2.45) is 11.7 Å². The number of carbonyl (C=O) groups excluding carboxylic acids is 1. The van der Waals surface area contributed by atoms with Crippen LogP contribution in [0.4, 0.5) is 0 Å². The fraction of sp³-hybridized carbons (Fsp3) is 0.632. The molecule has 0 saturated carbocycles. The number of amides is 1. The highest BCUT2D eigenvalue weighted by atomic mass is 32.2. The molecule has 2 atom stereocenters. The average molecular weight is 445 g/mol. The minimum atomic E-state index is -3.85. The highest BCUT2D eigenvalue weighted by molar-refractivity contribution is 7.96. The van der Waals surface area contributed by atoms with Crippen molar-refractivity contribution in [3.8, 4) is 5.75 Å². The van der Waals surface area contributed by atoms with Gasteiger partial charge in [0.1, 0.15) is 5.75 Å². The van der Waals surface area contributed by atoms with Crippen molar-refractivity contribution < 1.29 is 26.4 Å². The number of nitrogens with two attached hydrogens (primary N) is 1.